The standard InChI is InChI=1S/C16H24N4O3.2C2H6.C2H2/c1-11(2)9-12-10-13(16(23)20-6-3-4-7-20)18-19-14(12)15(22)17-5-8-21;3*1-2/h10-11,21H,3-9H2,1-2H3,(H,17,22);2*1-2H3;1-2H. The molecule has 0 aromatic carbocycles. The molecule has 1 aromatic rings. The second-order valence-corrected chi connectivity index (χ2v) is 6.18. The number of hydrogen-bond acceptors (Lipinski definition) is 5. The van der Waals surface area contributed by atoms with Gasteiger partial charge in [0.1, 0.15) is 0 Å². The van der Waals surface area contributed by atoms with E-state index in [-0.39, 0.29) is 30.7 Å². The molecule has 164 valence electrons. The number of hydrogen-bond donors (Lipinski definition) is 2. The lowest BCUT2D eigenvalue weighted by Crippen LogP contribution is -2.31. The fourth-order valence-electron chi connectivity index (χ4n) is 2.66. The highest BCUT2D eigenvalue weighted by atomic mass is 16.3. The van der Waals surface area contributed by atoms with Crippen molar-refractivity contribution in [3.05, 3.63) is 23.0 Å². The Kier molecular flexibility index (Phi) is 17.5. The number of aliphatic hydroxyl groups excluding tert-OH is 1. The van der Waals surface area contributed by atoms with E-state index in [4.69, 9.17) is 5.11 Å². The Balaban J connectivity index is 0. The van der Waals surface area contributed by atoms with E-state index in [1.807, 2.05) is 41.5 Å². The zero-order valence-electron chi connectivity index (χ0n) is 18.9. The fourth-order valence-corrected chi connectivity index (χ4v) is 2.66. The van der Waals surface area contributed by atoms with E-state index in [2.05, 4.69) is 28.4 Å². The number of terminal acetylenes is 1. The van der Waals surface area contributed by atoms with E-state index in [1.165, 1.54) is 0 Å². The molecule has 1 aromatic heterocycles. The molecule has 0 radical (unpaired) electrons. The molecule has 1 saturated heterocycles. The monoisotopic (exact) mass is 406 g/mol. The molecule has 7 nitrogen and oxygen atoms in total. The van der Waals surface area contributed by atoms with E-state index in [0.717, 1.165) is 25.9 Å². The van der Waals surface area contributed by atoms with Crippen LogP contribution in [-0.2, 0) is 6.42 Å². The molecule has 1 aliphatic rings. The van der Waals surface area contributed by atoms with Gasteiger partial charge >= 0.3 is 0 Å². The summed E-state index contributed by atoms with van der Waals surface area (Å²) in [6.07, 6.45) is 10.7. The van der Waals surface area contributed by atoms with E-state index in [9.17, 15) is 9.59 Å². The van der Waals surface area contributed by atoms with Gasteiger partial charge in [-0.2, -0.15) is 0 Å². The Hall–Kier alpha value is -2.46. The average Bonchev–Trinajstić information content (AvgIpc) is 3.30. The maximum absolute atomic E-state index is 12.4. The molecule has 2 heterocycles. The second kappa shape index (κ2) is 17.6. The lowest BCUT2D eigenvalue weighted by Gasteiger charge is -2.16. The molecule has 0 unspecified atom stereocenters. The van der Waals surface area contributed by atoms with Gasteiger partial charge in [-0.15, -0.1) is 23.0 Å². The SMILES string of the molecule is C#C.CC.CC.CC(C)Cc1cc(C(=O)N2CCCC2)nnc1C(=O)NCCO. The summed E-state index contributed by atoms with van der Waals surface area (Å²) in [6.45, 7) is 13.6. The quantitative estimate of drug-likeness (QED) is 0.708. The number of nitrogens with zero attached hydrogens (tertiary/aromatic N) is 3. The van der Waals surface area contributed by atoms with Gasteiger partial charge in [0, 0.05) is 19.6 Å². The number of nitrogens with one attached hydrogen (secondary N) is 1. The molecule has 1 aliphatic heterocycles. The molecule has 2 amide bonds. The summed E-state index contributed by atoms with van der Waals surface area (Å²) in [5.41, 5.74) is 1.24. The number of aliphatic hydroxyl groups is 1. The number of aromatic nitrogens is 2. The van der Waals surface area contributed by atoms with Gasteiger partial charge in [-0.25, -0.2) is 0 Å². The molecule has 29 heavy (non-hydrogen) atoms. The number of rotatable bonds is 6. The van der Waals surface area contributed by atoms with Crippen LogP contribution >= 0.6 is 0 Å². The van der Waals surface area contributed by atoms with Crippen molar-refractivity contribution >= 4 is 11.8 Å². The molecule has 0 bridgehead atoms. The molecule has 0 atom stereocenters. The molecule has 0 aliphatic carbocycles. The van der Waals surface area contributed by atoms with Crippen LogP contribution in [-0.4, -0.2) is 58.3 Å². The minimum absolute atomic E-state index is 0.123. The van der Waals surface area contributed by atoms with E-state index in [1.54, 1.807) is 11.0 Å². The largest absolute Gasteiger partial charge is 0.395 e. The van der Waals surface area contributed by atoms with Crippen molar-refractivity contribution < 1.29 is 14.7 Å². The first-order valence-corrected chi connectivity index (χ1v) is 10.4. The first-order chi connectivity index (χ1) is 14.0. The molecule has 2 rings (SSSR count). The predicted molar refractivity (Wildman–Crippen MR) is 118 cm³/mol. The molecule has 7 heteroatoms. The zero-order chi connectivity index (χ0) is 22.8. The minimum atomic E-state index is -0.373. The highest BCUT2D eigenvalue weighted by Gasteiger charge is 2.23. The second-order valence-electron chi connectivity index (χ2n) is 6.18. The van der Waals surface area contributed by atoms with Crippen molar-refractivity contribution in [3.8, 4) is 12.8 Å². The normalized spacial score (nSPS) is 11.9. The third-order valence-electron chi connectivity index (χ3n) is 3.73. The number of carbonyl (C=O) groups excluding carboxylic acids is 2. The molecule has 2 N–H and O–H groups in total. The van der Waals surface area contributed by atoms with Gasteiger partial charge < -0.3 is 15.3 Å². The van der Waals surface area contributed by atoms with Crippen molar-refractivity contribution in [3.63, 3.8) is 0 Å². The summed E-state index contributed by atoms with van der Waals surface area (Å²) in [5, 5.41) is 19.3. The molecular weight excluding hydrogens is 368 g/mol. The van der Waals surface area contributed by atoms with Crippen LogP contribution in [0.2, 0.25) is 0 Å². The summed E-state index contributed by atoms with van der Waals surface area (Å²) in [6, 6.07) is 1.68. The third kappa shape index (κ3) is 10.0. The van der Waals surface area contributed by atoms with Crippen molar-refractivity contribution in [2.24, 2.45) is 5.92 Å². The summed E-state index contributed by atoms with van der Waals surface area (Å²) in [7, 11) is 0. The minimum Gasteiger partial charge on any atom is -0.395 e. The zero-order valence-corrected chi connectivity index (χ0v) is 18.9. The summed E-state index contributed by atoms with van der Waals surface area (Å²) in [4.78, 5) is 26.3. The van der Waals surface area contributed by atoms with Crippen LogP contribution < -0.4 is 5.32 Å². The van der Waals surface area contributed by atoms with Crippen molar-refractivity contribution in [2.45, 2.75) is 60.8 Å². The first-order valence-electron chi connectivity index (χ1n) is 10.4. The van der Waals surface area contributed by atoms with Crippen LogP contribution in [0.1, 0.15) is 80.9 Å². The number of amides is 2. The van der Waals surface area contributed by atoms with Crippen molar-refractivity contribution in [1.82, 2.24) is 20.4 Å². The van der Waals surface area contributed by atoms with Gasteiger partial charge in [0.2, 0.25) is 0 Å². The van der Waals surface area contributed by atoms with Gasteiger partial charge in [0.15, 0.2) is 11.4 Å². The van der Waals surface area contributed by atoms with Crippen molar-refractivity contribution in [1.29, 1.82) is 0 Å². The maximum atomic E-state index is 12.4. The van der Waals surface area contributed by atoms with E-state index in [0.29, 0.717) is 23.6 Å². The Morgan fingerprint density at radius 3 is 2.17 bits per heavy atom. The van der Waals surface area contributed by atoms with Gasteiger partial charge in [-0.1, -0.05) is 41.5 Å². The van der Waals surface area contributed by atoms with Gasteiger partial charge in [-0.05, 0) is 36.8 Å². The van der Waals surface area contributed by atoms with Crippen LogP contribution in [0.5, 0.6) is 0 Å². The van der Waals surface area contributed by atoms with Gasteiger partial charge in [-0.3, -0.25) is 9.59 Å². The summed E-state index contributed by atoms with van der Waals surface area (Å²) >= 11 is 0. The topological polar surface area (TPSA) is 95.4 Å². The number of likely N-dealkylation sites (tertiary alicyclic amines) is 1. The Labute approximate surface area is 176 Å². The lowest BCUT2D eigenvalue weighted by atomic mass is 10.0. The molecule has 1 fully saturated rings. The van der Waals surface area contributed by atoms with Gasteiger partial charge in [0.25, 0.3) is 11.8 Å². The van der Waals surface area contributed by atoms with E-state index >= 15 is 0 Å². The molecular formula is C22H38N4O3. The van der Waals surface area contributed by atoms with Crippen LogP contribution in [0.15, 0.2) is 6.07 Å². The highest BCUT2D eigenvalue weighted by molar-refractivity contribution is 5.96. The maximum Gasteiger partial charge on any atom is 0.274 e. The Morgan fingerprint density at radius 2 is 1.69 bits per heavy atom. The third-order valence-corrected chi connectivity index (χ3v) is 3.73. The average molecular weight is 407 g/mol. The van der Waals surface area contributed by atoms with Crippen LogP contribution in [0.3, 0.4) is 0 Å². The molecule has 0 spiro atoms. The highest BCUT2D eigenvalue weighted by Crippen LogP contribution is 2.16. The van der Waals surface area contributed by atoms with Crippen LogP contribution in [0, 0.1) is 18.8 Å². The van der Waals surface area contributed by atoms with Crippen LogP contribution in [0.4, 0.5) is 0 Å². The van der Waals surface area contributed by atoms with E-state index < -0.39 is 0 Å². The Morgan fingerprint density at radius 1 is 1.14 bits per heavy atom. The fraction of sp³-hybridized carbons (Fsp3) is 0.636. The summed E-state index contributed by atoms with van der Waals surface area (Å²) in [5.74, 6) is -0.178. The lowest BCUT2D eigenvalue weighted by molar-refractivity contribution is 0.0784. The van der Waals surface area contributed by atoms with Crippen molar-refractivity contribution in [2.75, 3.05) is 26.2 Å². The number of carbonyl (C=O) groups is 2. The molecule has 0 saturated carbocycles. The first kappa shape index (κ1) is 28.7. The smallest absolute Gasteiger partial charge is 0.274 e. The summed E-state index contributed by atoms with van der Waals surface area (Å²) < 4.78 is 0. The Bertz CT molecular complexity index is 609. The van der Waals surface area contributed by atoms with Crippen LogP contribution in [0.25, 0.3) is 0 Å². The van der Waals surface area contributed by atoms with Gasteiger partial charge in [0.05, 0.1) is 6.61 Å². The predicted octanol–water partition coefficient (Wildman–Crippen LogP) is 2.94.